The summed E-state index contributed by atoms with van der Waals surface area (Å²) in [5.74, 6) is -0.0327. The lowest BCUT2D eigenvalue weighted by molar-refractivity contribution is -0.117. The maximum atomic E-state index is 12.2. The van der Waals surface area contributed by atoms with Crippen LogP contribution in [-0.4, -0.2) is 32.4 Å². The summed E-state index contributed by atoms with van der Waals surface area (Å²) >= 11 is 0. The molecule has 1 fully saturated rings. The van der Waals surface area contributed by atoms with E-state index in [9.17, 15) is 13.2 Å². The van der Waals surface area contributed by atoms with E-state index in [1.807, 2.05) is 31.2 Å². The lowest BCUT2D eigenvalue weighted by Crippen LogP contribution is -2.31. The number of aryl methyl sites for hydroxylation is 1. The first-order valence-electron chi connectivity index (χ1n) is 7.72. The second-order valence-corrected chi connectivity index (χ2v) is 7.72. The summed E-state index contributed by atoms with van der Waals surface area (Å²) in [6.07, 6.45) is 3.16. The number of anilines is 1. The first kappa shape index (κ1) is 16.6. The molecule has 1 aliphatic heterocycles. The van der Waals surface area contributed by atoms with Gasteiger partial charge in [-0.2, -0.15) is 0 Å². The Kier molecular flexibility index (Phi) is 4.64. The fraction of sp³-hybridized carbons (Fsp3) is 0.294. The monoisotopic (exact) mass is 345 g/mol. The zero-order chi connectivity index (χ0) is 17.2. The molecule has 24 heavy (non-hydrogen) atoms. The summed E-state index contributed by atoms with van der Waals surface area (Å²) in [5.41, 5.74) is 1.98. The van der Waals surface area contributed by atoms with E-state index in [1.54, 1.807) is 11.0 Å². The molecule has 126 valence electrons. The highest BCUT2D eigenvalue weighted by atomic mass is 32.2. The molecule has 3 rings (SSSR count). The Morgan fingerprint density at radius 1 is 1.25 bits per heavy atom. The molecule has 1 atom stereocenters. The second kappa shape index (κ2) is 6.70. The Morgan fingerprint density at radius 2 is 2.00 bits per heavy atom. The third-order valence-corrected chi connectivity index (χ3v) is 5.47. The quantitative estimate of drug-likeness (QED) is 0.895. The van der Waals surface area contributed by atoms with E-state index < -0.39 is 10.0 Å². The van der Waals surface area contributed by atoms with Crippen LogP contribution in [0.15, 0.2) is 53.7 Å². The fourth-order valence-electron chi connectivity index (χ4n) is 2.71. The maximum Gasteiger partial charge on any atom is 0.242 e. The number of nitrogens with one attached hydrogen (secondary N) is 1. The molecule has 1 unspecified atom stereocenters. The molecule has 0 radical (unpaired) electrons. The predicted molar refractivity (Wildman–Crippen MR) is 91.1 cm³/mol. The van der Waals surface area contributed by atoms with Gasteiger partial charge in [0, 0.05) is 37.6 Å². The van der Waals surface area contributed by atoms with Crippen molar-refractivity contribution in [2.24, 2.45) is 5.92 Å². The Morgan fingerprint density at radius 3 is 2.67 bits per heavy atom. The third-order valence-electron chi connectivity index (χ3n) is 4.06. The van der Waals surface area contributed by atoms with E-state index in [1.165, 1.54) is 18.5 Å². The fourth-order valence-corrected chi connectivity index (χ4v) is 3.79. The number of carbonyl (C=O) groups excluding carboxylic acids is 1. The van der Waals surface area contributed by atoms with E-state index in [2.05, 4.69) is 9.71 Å². The molecule has 0 aliphatic carbocycles. The van der Waals surface area contributed by atoms with Gasteiger partial charge in [-0.05, 0) is 37.1 Å². The number of hydrogen-bond donors (Lipinski definition) is 1. The lowest BCUT2D eigenvalue weighted by atomic mass is 10.1. The van der Waals surface area contributed by atoms with Crippen molar-refractivity contribution in [3.8, 4) is 0 Å². The molecular formula is C17H19N3O3S. The molecule has 1 aromatic carbocycles. The number of nitrogens with zero attached hydrogens (tertiary/aromatic N) is 2. The first-order chi connectivity index (χ1) is 11.5. The Labute approximate surface area is 141 Å². The molecule has 1 aromatic heterocycles. The van der Waals surface area contributed by atoms with Gasteiger partial charge in [0.1, 0.15) is 4.90 Å². The van der Waals surface area contributed by atoms with Crippen LogP contribution in [0.2, 0.25) is 0 Å². The Hall–Kier alpha value is -2.25. The highest BCUT2D eigenvalue weighted by Crippen LogP contribution is 2.25. The number of hydrogen-bond acceptors (Lipinski definition) is 4. The molecule has 1 saturated heterocycles. The Balaban J connectivity index is 1.63. The highest BCUT2D eigenvalue weighted by Gasteiger charge is 2.31. The smallest absolute Gasteiger partial charge is 0.242 e. The van der Waals surface area contributed by atoms with Gasteiger partial charge in [-0.1, -0.05) is 17.7 Å². The Bertz CT molecular complexity index is 820. The van der Waals surface area contributed by atoms with Crippen LogP contribution in [0.1, 0.15) is 12.0 Å². The van der Waals surface area contributed by atoms with Crippen molar-refractivity contribution in [3.05, 3.63) is 54.4 Å². The second-order valence-electron chi connectivity index (χ2n) is 5.95. The van der Waals surface area contributed by atoms with Crippen LogP contribution in [0, 0.1) is 12.8 Å². The zero-order valence-electron chi connectivity index (χ0n) is 13.3. The van der Waals surface area contributed by atoms with E-state index >= 15 is 0 Å². The van der Waals surface area contributed by atoms with Gasteiger partial charge in [0.2, 0.25) is 15.9 Å². The maximum absolute atomic E-state index is 12.2. The zero-order valence-corrected chi connectivity index (χ0v) is 14.2. The van der Waals surface area contributed by atoms with Gasteiger partial charge in [0.25, 0.3) is 0 Å². The number of sulfonamides is 1. The van der Waals surface area contributed by atoms with Gasteiger partial charge in [-0.25, -0.2) is 13.1 Å². The number of amides is 1. The van der Waals surface area contributed by atoms with Crippen molar-refractivity contribution in [1.29, 1.82) is 0 Å². The van der Waals surface area contributed by atoms with Crippen molar-refractivity contribution in [2.45, 2.75) is 18.2 Å². The average Bonchev–Trinajstić information content (AvgIpc) is 2.96. The molecule has 0 bridgehead atoms. The largest absolute Gasteiger partial charge is 0.312 e. The standard InChI is InChI=1S/C17H19N3O3S/c1-13-4-6-15(7-5-13)20-12-14(9-17(20)21)10-19-24(22,23)16-3-2-8-18-11-16/h2-8,11,14,19H,9-10,12H2,1H3. The van der Waals surface area contributed by atoms with Crippen LogP contribution in [0.25, 0.3) is 0 Å². The number of pyridine rings is 1. The summed E-state index contributed by atoms with van der Waals surface area (Å²) < 4.78 is 27.0. The molecule has 0 saturated carbocycles. The summed E-state index contributed by atoms with van der Waals surface area (Å²) in [6, 6.07) is 10.8. The molecule has 2 aromatic rings. The van der Waals surface area contributed by atoms with Gasteiger partial charge in [-0.15, -0.1) is 0 Å². The summed E-state index contributed by atoms with van der Waals surface area (Å²) in [7, 11) is -3.60. The molecule has 1 amide bonds. The molecule has 1 N–H and O–H groups in total. The van der Waals surface area contributed by atoms with Crippen LogP contribution >= 0.6 is 0 Å². The van der Waals surface area contributed by atoms with E-state index in [0.717, 1.165) is 11.3 Å². The van der Waals surface area contributed by atoms with E-state index in [0.29, 0.717) is 13.0 Å². The van der Waals surface area contributed by atoms with E-state index in [4.69, 9.17) is 0 Å². The van der Waals surface area contributed by atoms with E-state index in [-0.39, 0.29) is 23.3 Å². The van der Waals surface area contributed by atoms with Crippen LogP contribution in [0.4, 0.5) is 5.69 Å². The third kappa shape index (κ3) is 3.63. The van der Waals surface area contributed by atoms with Gasteiger partial charge in [0.15, 0.2) is 0 Å². The predicted octanol–water partition coefficient (Wildman–Crippen LogP) is 1.72. The van der Waals surface area contributed by atoms with Crippen molar-refractivity contribution in [2.75, 3.05) is 18.0 Å². The summed E-state index contributed by atoms with van der Waals surface area (Å²) in [6.45, 7) is 2.73. The molecule has 2 heterocycles. The molecule has 7 heteroatoms. The minimum atomic E-state index is -3.60. The SMILES string of the molecule is Cc1ccc(N2CC(CNS(=O)(=O)c3cccnc3)CC2=O)cc1. The molecule has 1 aliphatic rings. The van der Waals surface area contributed by atoms with Crippen molar-refractivity contribution < 1.29 is 13.2 Å². The first-order valence-corrected chi connectivity index (χ1v) is 9.21. The number of aromatic nitrogens is 1. The summed E-state index contributed by atoms with van der Waals surface area (Å²) in [5, 5.41) is 0. The minimum Gasteiger partial charge on any atom is -0.312 e. The average molecular weight is 345 g/mol. The van der Waals surface area contributed by atoms with Gasteiger partial charge in [-0.3, -0.25) is 9.78 Å². The van der Waals surface area contributed by atoms with Crippen LogP contribution in [-0.2, 0) is 14.8 Å². The van der Waals surface area contributed by atoms with Gasteiger partial charge < -0.3 is 4.90 Å². The molecule has 0 spiro atoms. The molecule has 6 nitrogen and oxygen atoms in total. The minimum absolute atomic E-state index is 0.0180. The normalized spacial score (nSPS) is 18.1. The molecular weight excluding hydrogens is 326 g/mol. The van der Waals surface area contributed by atoms with Gasteiger partial charge >= 0.3 is 0 Å². The number of benzene rings is 1. The topological polar surface area (TPSA) is 79.4 Å². The van der Waals surface area contributed by atoms with Crippen molar-refractivity contribution >= 4 is 21.6 Å². The lowest BCUT2D eigenvalue weighted by Gasteiger charge is -2.17. The van der Waals surface area contributed by atoms with Gasteiger partial charge in [0.05, 0.1) is 0 Å². The van der Waals surface area contributed by atoms with Crippen LogP contribution < -0.4 is 9.62 Å². The highest BCUT2D eigenvalue weighted by molar-refractivity contribution is 7.89. The van der Waals surface area contributed by atoms with Crippen LogP contribution in [0.5, 0.6) is 0 Å². The number of rotatable bonds is 5. The van der Waals surface area contributed by atoms with Crippen molar-refractivity contribution in [3.63, 3.8) is 0 Å². The number of carbonyl (C=O) groups is 1. The summed E-state index contributed by atoms with van der Waals surface area (Å²) in [4.78, 5) is 17.9. The van der Waals surface area contributed by atoms with Crippen LogP contribution in [0.3, 0.4) is 0 Å². The van der Waals surface area contributed by atoms with Crippen molar-refractivity contribution in [1.82, 2.24) is 9.71 Å².